The van der Waals surface area contributed by atoms with Crippen molar-refractivity contribution in [3.8, 4) is 6.19 Å². The Morgan fingerprint density at radius 2 is 2.20 bits per heavy atom. The molecular weight excluding hydrogens is 296 g/mol. The van der Waals surface area contributed by atoms with Gasteiger partial charge in [0.2, 0.25) is 0 Å². The maximum Gasteiger partial charge on any atom is 0.252 e. The van der Waals surface area contributed by atoms with Crippen LogP contribution in [-0.2, 0) is 0 Å². The molecular formula is C13H15ClN4OS. The second kappa shape index (κ2) is 7.78. The lowest BCUT2D eigenvalue weighted by Gasteiger charge is -2.10. The summed E-state index contributed by atoms with van der Waals surface area (Å²) in [7, 11) is 0. The third-order valence-corrected chi connectivity index (χ3v) is 3.10. The highest BCUT2D eigenvalue weighted by molar-refractivity contribution is 8.13. The predicted octanol–water partition coefficient (Wildman–Crippen LogP) is 2.90. The van der Waals surface area contributed by atoms with Gasteiger partial charge in [-0.05, 0) is 38.3 Å². The zero-order chi connectivity index (χ0) is 15.1. The SMILES string of the molecule is CSC(=Nc1ccc(C(=O)NC(C)C)c(Cl)c1)NC#N. The van der Waals surface area contributed by atoms with Crippen LogP contribution in [-0.4, -0.2) is 23.4 Å². The van der Waals surface area contributed by atoms with E-state index >= 15 is 0 Å². The number of nitrogens with zero attached hydrogens (tertiary/aromatic N) is 2. The van der Waals surface area contributed by atoms with E-state index in [0.717, 1.165) is 0 Å². The standard InChI is InChI=1S/C13H15ClN4OS/c1-8(2)17-12(19)10-5-4-9(6-11(10)14)18-13(20-3)16-7-15/h4-6,8H,1-3H3,(H,16,18)(H,17,19). The summed E-state index contributed by atoms with van der Waals surface area (Å²) >= 11 is 7.40. The lowest BCUT2D eigenvalue weighted by molar-refractivity contribution is 0.0943. The van der Waals surface area contributed by atoms with Crippen molar-refractivity contribution in [3.05, 3.63) is 28.8 Å². The minimum Gasteiger partial charge on any atom is -0.350 e. The number of aliphatic imine (C=N–C) groups is 1. The van der Waals surface area contributed by atoms with E-state index in [9.17, 15) is 4.79 Å². The zero-order valence-corrected chi connectivity index (χ0v) is 13.0. The monoisotopic (exact) mass is 310 g/mol. The van der Waals surface area contributed by atoms with Crippen molar-refractivity contribution < 1.29 is 4.79 Å². The molecule has 1 rings (SSSR count). The van der Waals surface area contributed by atoms with Crippen LogP contribution >= 0.6 is 23.4 Å². The summed E-state index contributed by atoms with van der Waals surface area (Å²) in [4.78, 5) is 16.1. The Morgan fingerprint density at radius 3 is 2.70 bits per heavy atom. The van der Waals surface area contributed by atoms with Gasteiger partial charge in [0.05, 0.1) is 16.3 Å². The van der Waals surface area contributed by atoms with E-state index in [4.69, 9.17) is 16.9 Å². The number of carbonyl (C=O) groups excluding carboxylic acids is 1. The molecule has 0 atom stereocenters. The van der Waals surface area contributed by atoms with Crippen molar-refractivity contribution in [2.75, 3.05) is 6.26 Å². The first-order valence-corrected chi connectivity index (χ1v) is 7.46. The van der Waals surface area contributed by atoms with Crippen LogP contribution in [0.3, 0.4) is 0 Å². The van der Waals surface area contributed by atoms with Crippen molar-refractivity contribution in [1.82, 2.24) is 10.6 Å². The van der Waals surface area contributed by atoms with E-state index < -0.39 is 0 Å². The third-order valence-electron chi connectivity index (χ3n) is 2.20. The lowest BCUT2D eigenvalue weighted by atomic mass is 10.2. The van der Waals surface area contributed by atoms with Crippen LogP contribution in [0.5, 0.6) is 0 Å². The first kappa shape index (κ1) is 16.3. The van der Waals surface area contributed by atoms with Gasteiger partial charge in [-0.25, -0.2) is 4.99 Å². The van der Waals surface area contributed by atoms with E-state index in [1.165, 1.54) is 11.8 Å². The fourth-order valence-corrected chi connectivity index (χ4v) is 1.99. The van der Waals surface area contributed by atoms with Gasteiger partial charge in [-0.15, -0.1) is 0 Å². The van der Waals surface area contributed by atoms with Gasteiger partial charge in [0.1, 0.15) is 0 Å². The average Bonchev–Trinajstić information content (AvgIpc) is 2.37. The number of benzene rings is 1. The highest BCUT2D eigenvalue weighted by Crippen LogP contribution is 2.23. The minimum absolute atomic E-state index is 0.0409. The Kier molecular flexibility index (Phi) is 6.36. The molecule has 0 bridgehead atoms. The largest absolute Gasteiger partial charge is 0.350 e. The van der Waals surface area contributed by atoms with E-state index in [1.54, 1.807) is 30.6 Å². The number of thioether (sulfide) groups is 1. The molecule has 0 saturated heterocycles. The molecule has 7 heteroatoms. The summed E-state index contributed by atoms with van der Waals surface area (Å²) < 4.78 is 0. The van der Waals surface area contributed by atoms with Crippen LogP contribution in [0.25, 0.3) is 0 Å². The number of amides is 1. The van der Waals surface area contributed by atoms with Crippen LogP contribution in [0.4, 0.5) is 5.69 Å². The number of hydrogen-bond acceptors (Lipinski definition) is 4. The van der Waals surface area contributed by atoms with Crippen molar-refractivity contribution in [1.29, 1.82) is 5.26 Å². The first-order valence-electron chi connectivity index (χ1n) is 5.86. The topological polar surface area (TPSA) is 77.3 Å². The number of carbonyl (C=O) groups is 1. The molecule has 0 heterocycles. The molecule has 5 nitrogen and oxygen atoms in total. The Bertz CT molecular complexity index is 566. The van der Waals surface area contributed by atoms with Crippen LogP contribution in [0, 0.1) is 11.5 Å². The predicted molar refractivity (Wildman–Crippen MR) is 83.4 cm³/mol. The van der Waals surface area contributed by atoms with E-state index in [1.807, 2.05) is 13.8 Å². The van der Waals surface area contributed by atoms with Gasteiger partial charge in [-0.3, -0.25) is 10.1 Å². The Labute approximate surface area is 127 Å². The Balaban J connectivity index is 2.99. The molecule has 0 aliphatic carbocycles. The van der Waals surface area contributed by atoms with Crippen LogP contribution in [0.15, 0.2) is 23.2 Å². The smallest absolute Gasteiger partial charge is 0.252 e. The molecule has 0 aliphatic heterocycles. The molecule has 106 valence electrons. The molecule has 0 saturated carbocycles. The molecule has 0 aliphatic rings. The molecule has 1 aromatic carbocycles. The quantitative estimate of drug-likeness (QED) is 0.389. The Hall–Kier alpha value is -1.71. The Morgan fingerprint density at radius 1 is 1.50 bits per heavy atom. The van der Waals surface area contributed by atoms with E-state index in [-0.39, 0.29) is 11.9 Å². The van der Waals surface area contributed by atoms with Gasteiger partial charge in [-0.1, -0.05) is 23.4 Å². The summed E-state index contributed by atoms with van der Waals surface area (Å²) in [5, 5.41) is 14.6. The number of nitrogens with one attached hydrogen (secondary N) is 2. The van der Waals surface area contributed by atoms with Crippen LogP contribution in [0.1, 0.15) is 24.2 Å². The summed E-state index contributed by atoms with van der Waals surface area (Å²) in [5.41, 5.74) is 0.974. The summed E-state index contributed by atoms with van der Waals surface area (Å²) in [6.45, 7) is 3.76. The normalized spacial score (nSPS) is 11.1. The van der Waals surface area contributed by atoms with Crippen molar-refractivity contribution in [2.45, 2.75) is 19.9 Å². The molecule has 1 aromatic rings. The van der Waals surface area contributed by atoms with Crippen LogP contribution < -0.4 is 10.6 Å². The lowest BCUT2D eigenvalue weighted by Crippen LogP contribution is -2.30. The van der Waals surface area contributed by atoms with E-state index in [2.05, 4.69) is 15.6 Å². The number of halogens is 1. The second-order valence-corrected chi connectivity index (χ2v) is 5.35. The molecule has 2 N–H and O–H groups in total. The minimum atomic E-state index is -0.222. The summed E-state index contributed by atoms with van der Waals surface area (Å²) in [5.74, 6) is -0.222. The van der Waals surface area contributed by atoms with Gasteiger partial charge < -0.3 is 5.32 Å². The maximum absolute atomic E-state index is 11.9. The molecule has 0 spiro atoms. The third kappa shape index (κ3) is 4.76. The van der Waals surface area contributed by atoms with Gasteiger partial charge in [-0.2, -0.15) is 5.26 Å². The van der Waals surface area contributed by atoms with Gasteiger partial charge in [0, 0.05) is 6.04 Å². The molecule has 0 unspecified atom stereocenters. The molecule has 1 amide bonds. The summed E-state index contributed by atoms with van der Waals surface area (Å²) in [6.07, 6.45) is 3.61. The van der Waals surface area contributed by atoms with Crippen molar-refractivity contribution in [3.63, 3.8) is 0 Å². The number of hydrogen-bond donors (Lipinski definition) is 2. The molecule has 0 radical (unpaired) electrons. The highest BCUT2D eigenvalue weighted by atomic mass is 35.5. The maximum atomic E-state index is 11.9. The molecule has 20 heavy (non-hydrogen) atoms. The van der Waals surface area contributed by atoms with Crippen molar-refractivity contribution in [2.24, 2.45) is 4.99 Å². The summed E-state index contributed by atoms with van der Waals surface area (Å²) in [6, 6.07) is 4.92. The molecule has 0 aromatic heterocycles. The second-order valence-electron chi connectivity index (χ2n) is 4.15. The fraction of sp³-hybridized carbons (Fsp3) is 0.308. The average molecular weight is 311 g/mol. The van der Waals surface area contributed by atoms with Crippen molar-refractivity contribution >= 4 is 40.1 Å². The number of nitriles is 1. The molecule has 0 fully saturated rings. The van der Waals surface area contributed by atoms with Gasteiger partial charge in [0.15, 0.2) is 11.4 Å². The van der Waals surface area contributed by atoms with E-state index in [0.29, 0.717) is 21.4 Å². The number of amidine groups is 1. The zero-order valence-electron chi connectivity index (χ0n) is 11.4. The highest BCUT2D eigenvalue weighted by Gasteiger charge is 2.11. The van der Waals surface area contributed by atoms with Gasteiger partial charge >= 0.3 is 0 Å². The van der Waals surface area contributed by atoms with Crippen LogP contribution in [0.2, 0.25) is 5.02 Å². The first-order chi connectivity index (χ1) is 9.47. The number of rotatable bonds is 3. The van der Waals surface area contributed by atoms with Gasteiger partial charge in [0.25, 0.3) is 5.91 Å². The fourth-order valence-electron chi connectivity index (χ4n) is 1.39.